The van der Waals surface area contributed by atoms with Gasteiger partial charge in [0.2, 0.25) is 0 Å². The molecule has 0 nitrogen and oxygen atoms in total. The van der Waals surface area contributed by atoms with E-state index in [-0.39, 0.29) is 35.6 Å². The summed E-state index contributed by atoms with van der Waals surface area (Å²) in [5.74, 6) is 0. The van der Waals surface area contributed by atoms with E-state index < -0.39 is 8.07 Å². The molecule has 6 rings (SSSR count). The van der Waals surface area contributed by atoms with Crippen molar-refractivity contribution in [1.82, 2.24) is 0 Å². The van der Waals surface area contributed by atoms with Crippen LogP contribution in [0.4, 0.5) is 0 Å². The van der Waals surface area contributed by atoms with Crippen LogP contribution in [0.2, 0.25) is 19.6 Å². The zero-order chi connectivity index (χ0) is 32.1. The first-order valence-corrected chi connectivity index (χ1v) is 20.5. The van der Waals surface area contributed by atoms with Crippen LogP contribution in [0.15, 0.2) is 120 Å². The van der Waals surface area contributed by atoms with Crippen LogP contribution < -0.4 is 24.8 Å². The van der Waals surface area contributed by atoms with Crippen LogP contribution in [0.3, 0.4) is 0 Å². The van der Waals surface area contributed by atoms with Crippen molar-refractivity contribution in [3.63, 3.8) is 0 Å². The fourth-order valence-electron chi connectivity index (χ4n) is 5.25. The maximum absolute atomic E-state index is 3.20. The normalized spacial score (nSPS) is 12.6. The molecule has 0 N–H and O–H groups in total. The van der Waals surface area contributed by atoms with E-state index in [0.29, 0.717) is 0 Å². The number of halogens is 2. The Morgan fingerprint density at radius 3 is 1.37 bits per heavy atom. The van der Waals surface area contributed by atoms with E-state index in [2.05, 4.69) is 183 Å². The molecule has 5 aromatic rings. The number of hydrogen-bond donors (Lipinski definition) is 0. The summed E-state index contributed by atoms with van der Waals surface area (Å²) in [6, 6.07) is 37.3. The molecule has 0 fully saturated rings. The predicted octanol–water partition coefficient (Wildman–Crippen LogP) is 5.67. The summed E-state index contributed by atoms with van der Waals surface area (Å²) in [5.41, 5.74) is 5.87. The van der Waals surface area contributed by atoms with Gasteiger partial charge >= 0.3 is 99.2 Å². The second-order valence-electron chi connectivity index (χ2n) is 14.8. The molecule has 0 atom stereocenters. The SMILES string of the molecule is CC(C)(C)c1ccc2c(c1)[cH-]c1cc(C(C)(C)C)ccc12.C[Si](C)(C)C1=CC[C-]=C1.[Cl-].[Cl-].[Zr+2]=[C](c1ccccc1)c1ccccc1. The van der Waals surface area contributed by atoms with Crippen molar-refractivity contribution in [2.45, 2.75) is 78.4 Å². The van der Waals surface area contributed by atoms with Gasteiger partial charge in [-0.3, -0.25) is 6.08 Å². The van der Waals surface area contributed by atoms with Gasteiger partial charge in [-0.25, -0.2) is 11.3 Å². The van der Waals surface area contributed by atoms with Gasteiger partial charge in [-0.05, 0) is 18.9 Å². The van der Waals surface area contributed by atoms with Crippen LogP contribution in [0.25, 0.3) is 21.5 Å². The first-order chi connectivity index (χ1) is 20.6. The van der Waals surface area contributed by atoms with Crippen molar-refractivity contribution < 1.29 is 49.0 Å². The van der Waals surface area contributed by atoms with Gasteiger partial charge in [0.15, 0.2) is 0 Å². The van der Waals surface area contributed by atoms with Gasteiger partial charge in [0.25, 0.3) is 0 Å². The van der Waals surface area contributed by atoms with Crippen LogP contribution in [0.1, 0.15) is 70.2 Å². The molecule has 240 valence electrons. The number of allylic oxidation sites excluding steroid dienone is 4. The first-order valence-electron chi connectivity index (χ1n) is 15.8. The summed E-state index contributed by atoms with van der Waals surface area (Å²) in [7, 11) is -0.981. The fraction of sp³-hybridized carbons (Fsp3) is 0.286. The van der Waals surface area contributed by atoms with Gasteiger partial charge in [-0.2, -0.15) is 6.08 Å². The van der Waals surface area contributed by atoms with E-state index in [1.54, 1.807) is 5.20 Å². The predicted molar refractivity (Wildman–Crippen MR) is 194 cm³/mol. The monoisotopic (exact) mass is 740 g/mol. The minimum atomic E-state index is -0.981. The van der Waals surface area contributed by atoms with Gasteiger partial charge in [0.1, 0.15) is 0 Å². The van der Waals surface area contributed by atoms with Crippen LogP contribution in [-0.2, 0) is 35.1 Å². The fourth-order valence-corrected chi connectivity index (χ4v) is 7.32. The second-order valence-corrected chi connectivity index (χ2v) is 21.1. The molecule has 0 spiro atoms. The summed E-state index contributed by atoms with van der Waals surface area (Å²) in [6.07, 6.45) is 8.69. The second kappa shape index (κ2) is 16.7. The summed E-state index contributed by atoms with van der Waals surface area (Å²) in [6.45, 7) is 20.7. The number of benzene rings is 4. The third-order valence-corrected chi connectivity index (χ3v) is 11.6. The van der Waals surface area contributed by atoms with E-state index in [9.17, 15) is 0 Å². The van der Waals surface area contributed by atoms with Gasteiger partial charge in [0, 0.05) is 0 Å². The third-order valence-electron chi connectivity index (χ3n) is 8.12. The van der Waals surface area contributed by atoms with E-state index in [1.165, 1.54) is 71.2 Å². The van der Waals surface area contributed by atoms with Gasteiger partial charge in [-0.15, -0.1) is 46.2 Å². The number of hydrogen-bond acceptors (Lipinski definition) is 0. The Kier molecular flexibility index (Phi) is 14.5. The van der Waals surface area contributed by atoms with Crippen molar-refractivity contribution in [2.75, 3.05) is 0 Å². The summed E-state index contributed by atoms with van der Waals surface area (Å²) < 4.78 is 1.42. The zero-order valence-electron chi connectivity index (χ0n) is 28.9. The molecule has 0 saturated heterocycles. The van der Waals surface area contributed by atoms with Crippen LogP contribution in [0, 0.1) is 6.08 Å². The summed E-state index contributed by atoms with van der Waals surface area (Å²) in [5, 5.41) is 7.03. The standard InChI is InChI=1S/C21H25.C13H10.C8H13Si.2ClH.Zr/c1-20(2,3)16-7-9-18-14(12-16)11-15-13-17(21(4,5)6)8-10-19(15)18;1-3-7-12(8-4-1)11-13-9-5-2-6-10-13;1-9(2,3)8-6-4-5-7-8;;;/h7-13H,1-6H3;1-10H;6-7H,4H2,1-3H3;2*1H;/q-1;;-1;;;+2/p-2. The Labute approximate surface area is 306 Å². The topological polar surface area (TPSA) is 0 Å². The van der Waals surface area contributed by atoms with E-state index in [0.717, 1.165) is 6.42 Å². The Morgan fingerprint density at radius 2 is 1.07 bits per heavy atom. The maximum atomic E-state index is 3.20. The molecule has 1 aliphatic rings. The molecule has 0 aliphatic heterocycles. The molecular formula is C42H48Cl2SiZr-2. The van der Waals surface area contributed by atoms with Crippen LogP contribution in [-0.4, -0.2) is 11.3 Å². The Morgan fingerprint density at radius 1 is 0.652 bits per heavy atom. The van der Waals surface area contributed by atoms with E-state index in [1.807, 2.05) is 0 Å². The molecule has 0 unspecified atom stereocenters. The average Bonchev–Trinajstić information content (AvgIpc) is 3.66. The average molecular weight is 743 g/mol. The Bertz CT molecular complexity index is 1670. The number of fused-ring (bicyclic) bond motifs is 3. The zero-order valence-corrected chi connectivity index (χ0v) is 33.9. The Balaban J connectivity index is 0.000000256. The van der Waals surface area contributed by atoms with Crippen molar-refractivity contribution in [1.29, 1.82) is 0 Å². The van der Waals surface area contributed by atoms with Crippen molar-refractivity contribution >= 4 is 32.8 Å². The number of rotatable bonds is 3. The van der Waals surface area contributed by atoms with Crippen molar-refractivity contribution in [3.8, 4) is 0 Å². The van der Waals surface area contributed by atoms with Crippen LogP contribution in [0.5, 0.6) is 0 Å². The quantitative estimate of drug-likeness (QED) is 0.165. The molecule has 0 bridgehead atoms. The molecule has 0 aromatic heterocycles. The van der Waals surface area contributed by atoms with Crippen molar-refractivity contribution in [3.05, 3.63) is 149 Å². The molecule has 0 amide bonds. The molecule has 1 aliphatic carbocycles. The van der Waals surface area contributed by atoms with E-state index >= 15 is 0 Å². The molecule has 0 heterocycles. The molecular weight excluding hydrogens is 695 g/mol. The van der Waals surface area contributed by atoms with Gasteiger partial charge < -0.3 is 24.8 Å². The van der Waals surface area contributed by atoms with Gasteiger partial charge in [0.05, 0.1) is 0 Å². The minimum absolute atomic E-state index is 0. The van der Waals surface area contributed by atoms with E-state index in [4.69, 9.17) is 0 Å². The van der Waals surface area contributed by atoms with Crippen LogP contribution >= 0.6 is 0 Å². The Hall–Kier alpha value is -2.22. The first kappa shape index (κ1) is 40.0. The molecule has 0 saturated carbocycles. The third kappa shape index (κ3) is 10.6. The summed E-state index contributed by atoms with van der Waals surface area (Å²) >= 11 is 1.46. The van der Waals surface area contributed by atoms with Crippen molar-refractivity contribution in [2.24, 2.45) is 0 Å². The van der Waals surface area contributed by atoms with Gasteiger partial charge in [-0.1, -0.05) is 96.6 Å². The molecule has 0 radical (unpaired) electrons. The summed E-state index contributed by atoms with van der Waals surface area (Å²) in [4.78, 5) is 0. The molecule has 46 heavy (non-hydrogen) atoms. The molecule has 4 heteroatoms. The molecule has 5 aromatic carbocycles.